The molecule has 0 saturated heterocycles. The van der Waals surface area contributed by atoms with Crippen LogP contribution in [0.25, 0.3) is 0 Å². The third kappa shape index (κ3) is 55.5. The van der Waals surface area contributed by atoms with E-state index in [0.717, 1.165) is 38.5 Å². The van der Waals surface area contributed by atoms with E-state index in [1.54, 1.807) is 0 Å². The van der Waals surface area contributed by atoms with E-state index < -0.39 is 12.1 Å². The second-order valence-corrected chi connectivity index (χ2v) is 21.5. The number of unbranched alkanes of at least 4 members (excludes halogenated alkanes) is 45. The van der Waals surface area contributed by atoms with Gasteiger partial charge in [0.25, 0.3) is 0 Å². The summed E-state index contributed by atoms with van der Waals surface area (Å²) in [5.41, 5.74) is 0. The molecule has 0 aliphatic heterocycles. The van der Waals surface area contributed by atoms with Crippen LogP contribution in [-0.4, -0.2) is 34.9 Å². The Bertz CT molecular complexity index is 1040. The molecule has 0 fully saturated rings. The molecule has 0 aromatic carbocycles. The van der Waals surface area contributed by atoms with E-state index in [0.29, 0.717) is 12.8 Å². The summed E-state index contributed by atoms with van der Waals surface area (Å²) in [6.07, 6.45) is 81.7. The van der Waals surface area contributed by atoms with Crippen LogP contribution in [0.5, 0.6) is 0 Å². The second kappa shape index (κ2) is 59.9. The monoisotopic (exact) mass is 954 g/mol. The summed E-state index contributed by atoms with van der Waals surface area (Å²) in [6.45, 7) is 4.38. The summed E-state index contributed by atoms with van der Waals surface area (Å²) in [5.74, 6) is -0.0243. The molecular formula is C64H123NO3. The highest BCUT2D eigenvalue weighted by Gasteiger charge is 2.20. The first-order chi connectivity index (χ1) is 33.7. The summed E-state index contributed by atoms with van der Waals surface area (Å²) in [4.78, 5) is 12.5. The topological polar surface area (TPSA) is 69.6 Å². The highest BCUT2D eigenvalue weighted by Crippen LogP contribution is 2.18. The third-order valence-electron chi connectivity index (χ3n) is 14.7. The van der Waals surface area contributed by atoms with Gasteiger partial charge in [-0.2, -0.15) is 0 Å². The van der Waals surface area contributed by atoms with Crippen molar-refractivity contribution in [2.45, 2.75) is 360 Å². The van der Waals surface area contributed by atoms with E-state index in [-0.39, 0.29) is 12.5 Å². The van der Waals surface area contributed by atoms with Gasteiger partial charge in [0.1, 0.15) is 0 Å². The summed E-state index contributed by atoms with van der Waals surface area (Å²) < 4.78 is 0. The maximum atomic E-state index is 12.5. The summed E-state index contributed by atoms with van der Waals surface area (Å²) >= 11 is 0. The molecule has 2 unspecified atom stereocenters. The highest BCUT2D eigenvalue weighted by molar-refractivity contribution is 5.76. The number of rotatable bonds is 58. The first-order valence-corrected chi connectivity index (χ1v) is 31.2. The molecule has 4 nitrogen and oxygen atoms in total. The molecule has 1 amide bonds. The quantitative estimate of drug-likeness (QED) is 0.0420. The Kier molecular flexibility index (Phi) is 58.7. The molecule has 0 radical (unpaired) electrons. The lowest BCUT2D eigenvalue weighted by molar-refractivity contribution is -0.123. The number of aliphatic hydroxyl groups excluding tert-OH is 2. The first-order valence-electron chi connectivity index (χ1n) is 31.2. The number of amides is 1. The predicted octanol–water partition coefficient (Wildman–Crippen LogP) is 20.8. The van der Waals surface area contributed by atoms with Gasteiger partial charge in [-0.25, -0.2) is 0 Å². The SMILES string of the molecule is CCCCCCC/C=C\C/C=C\C/C=C\CCCCCCCCCCCCCCCCCCCCCCCCCCC(=O)NC(CO)C(O)CCCCCCCCCCCCCCCCCCC. The summed E-state index contributed by atoms with van der Waals surface area (Å²) in [6, 6.07) is -0.534. The number of nitrogens with one attached hydrogen (secondary N) is 1. The highest BCUT2D eigenvalue weighted by atomic mass is 16.3. The Morgan fingerprint density at radius 3 is 0.897 bits per heavy atom. The maximum Gasteiger partial charge on any atom is 0.220 e. The molecule has 4 heteroatoms. The van der Waals surface area contributed by atoms with Gasteiger partial charge in [0.05, 0.1) is 18.8 Å². The fourth-order valence-electron chi connectivity index (χ4n) is 9.90. The zero-order valence-corrected chi connectivity index (χ0v) is 46.4. The van der Waals surface area contributed by atoms with E-state index in [1.165, 1.54) is 283 Å². The molecule has 0 heterocycles. The van der Waals surface area contributed by atoms with E-state index in [4.69, 9.17) is 0 Å². The van der Waals surface area contributed by atoms with Crippen LogP contribution < -0.4 is 5.32 Å². The third-order valence-corrected chi connectivity index (χ3v) is 14.7. The van der Waals surface area contributed by atoms with Crippen molar-refractivity contribution in [2.75, 3.05) is 6.61 Å². The Morgan fingerprint density at radius 1 is 0.353 bits per heavy atom. The average Bonchev–Trinajstić information content (AvgIpc) is 3.34. The zero-order chi connectivity index (χ0) is 49.2. The number of allylic oxidation sites excluding steroid dienone is 6. The largest absolute Gasteiger partial charge is 0.394 e. The van der Waals surface area contributed by atoms with Crippen LogP contribution in [0.2, 0.25) is 0 Å². The molecule has 0 spiro atoms. The van der Waals surface area contributed by atoms with E-state index in [9.17, 15) is 15.0 Å². The van der Waals surface area contributed by atoms with Crippen molar-refractivity contribution in [1.82, 2.24) is 5.32 Å². The number of carbonyl (C=O) groups is 1. The molecule has 0 rings (SSSR count). The van der Waals surface area contributed by atoms with Gasteiger partial charge in [-0.3, -0.25) is 4.79 Å². The molecule has 68 heavy (non-hydrogen) atoms. The standard InChI is InChI=1S/C64H123NO3/c1-3-5-7-9-11-13-15-17-19-21-22-23-24-25-26-27-28-29-30-31-32-33-34-35-36-37-38-39-40-41-42-44-46-48-50-52-54-56-58-60-64(68)65-62(61-66)63(67)59-57-55-53-51-49-47-45-43-20-18-16-14-12-10-8-6-4-2/h15,17,21-22,24-25,62-63,66-67H,3-14,16,18-20,23,26-61H2,1-2H3,(H,65,68)/b17-15-,22-21-,25-24-. The number of aliphatic hydroxyl groups is 2. The van der Waals surface area contributed by atoms with Gasteiger partial charge in [0.2, 0.25) is 5.91 Å². The molecule has 0 aliphatic carbocycles. The normalized spacial score (nSPS) is 12.9. The van der Waals surface area contributed by atoms with Crippen molar-refractivity contribution in [3.8, 4) is 0 Å². The second-order valence-electron chi connectivity index (χ2n) is 21.5. The van der Waals surface area contributed by atoms with Crippen molar-refractivity contribution < 1.29 is 15.0 Å². The Labute approximate surface area is 427 Å². The minimum absolute atomic E-state index is 0.0243. The molecule has 0 aromatic heterocycles. The van der Waals surface area contributed by atoms with Gasteiger partial charge in [0.15, 0.2) is 0 Å². The maximum absolute atomic E-state index is 12.5. The minimum Gasteiger partial charge on any atom is -0.394 e. The fourth-order valence-corrected chi connectivity index (χ4v) is 9.90. The summed E-state index contributed by atoms with van der Waals surface area (Å²) in [5, 5.41) is 23.3. The average molecular weight is 955 g/mol. The number of carbonyl (C=O) groups excluding carboxylic acids is 1. The van der Waals surface area contributed by atoms with Crippen LogP contribution in [-0.2, 0) is 4.79 Å². The fraction of sp³-hybridized carbons (Fsp3) is 0.891. The van der Waals surface area contributed by atoms with Gasteiger partial charge in [-0.15, -0.1) is 0 Å². The molecular weight excluding hydrogens is 831 g/mol. The van der Waals surface area contributed by atoms with Crippen molar-refractivity contribution in [3.63, 3.8) is 0 Å². The number of hydrogen-bond donors (Lipinski definition) is 3. The Balaban J connectivity index is 3.38. The van der Waals surface area contributed by atoms with Crippen LogP contribution in [0, 0.1) is 0 Å². The molecule has 2 atom stereocenters. The van der Waals surface area contributed by atoms with Crippen molar-refractivity contribution in [3.05, 3.63) is 36.5 Å². The van der Waals surface area contributed by atoms with Crippen LogP contribution >= 0.6 is 0 Å². The molecule has 402 valence electrons. The van der Waals surface area contributed by atoms with Crippen LogP contribution in [0.3, 0.4) is 0 Å². The van der Waals surface area contributed by atoms with Crippen LogP contribution in [0.4, 0.5) is 0 Å². The molecule has 0 aliphatic rings. The molecule has 0 saturated carbocycles. The molecule has 0 bridgehead atoms. The van der Waals surface area contributed by atoms with E-state index >= 15 is 0 Å². The predicted molar refractivity (Wildman–Crippen MR) is 304 cm³/mol. The lowest BCUT2D eigenvalue weighted by atomic mass is 10.0. The molecule has 3 N–H and O–H groups in total. The van der Waals surface area contributed by atoms with Crippen molar-refractivity contribution in [2.24, 2.45) is 0 Å². The Morgan fingerprint density at radius 2 is 0.603 bits per heavy atom. The van der Waals surface area contributed by atoms with Gasteiger partial charge in [-0.05, 0) is 51.4 Å². The zero-order valence-electron chi connectivity index (χ0n) is 46.4. The smallest absolute Gasteiger partial charge is 0.220 e. The minimum atomic E-state index is -0.657. The van der Waals surface area contributed by atoms with E-state index in [1.807, 2.05) is 0 Å². The van der Waals surface area contributed by atoms with Gasteiger partial charge in [-0.1, -0.05) is 326 Å². The van der Waals surface area contributed by atoms with Crippen molar-refractivity contribution in [1.29, 1.82) is 0 Å². The van der Waals surface area contributed by atoms with Gasteiger partial charge in [0, 0.05) is 6.42 Å². The van der Waals surface area contributed by atoms with E-state index in [2.05, 4.69) is 55.6 Å². The Hall–Kier alpha value is -1.39. The molecule has 0 aromatic rings. The lowest BCUT2D eigenvalue weighted by Gasteiger charge is -2.22. The number of hydrogen-bond acceptors (Lipinski definition) is 3. The van der Waals surface area contributed by atoms with Crippen LogP contribution in [0.15, 0.2) is 36.5 Å². The van der Waals surface area contributed by atoms with Crippen LogP contribution in [0.1, 0.15) is 348 Å². The van der Waals surface area contributed by atoms with Crippen molar-refractivity contribution >= 4 is 5.91 Å². The first kappa shape index (κ1) is 66.6. The lowest BCUT2D eigenvalue weighted by Crippen LogP contribution is -2.45. The van der Waals surface area contributed by atoms with Gasteiger partial charge < -0.3 is 15.5 Å². The summed E-state index contributed by atoms with van der Waals surface area (Å²) in [7, 11) is 0. The van der Waals surface area contributed by atoms with Gasteiger partial charge >= 0.3 is 0 Å².